The second kappa shape index (κ2) is 21.3. The predicted molar refractivity (Wildman–Crippen MR) is 217 cm³/mol. The number of carbonyl (C=O) groups excluding carboxylic acids is 1. The second-order valence-electron chi connectivity index (χ2n) is 13.7. The number of hydrogen-bond acceptors (Lipinski definition) is 6. The standard InChI is InChI=1S/C13H11F3N4O.C13H13F3N2O.C12H9F3O.C3H7N3/c1-8-2-3-9-10(13(14,15)16)7-12(21)20(11(9)6-8)5-4-18-19-17;1-8-2-3-9-10(13(14,15)16)7-12(19)18(5-4-17)11(9)6-8;1-7-2-3-10-8(4-7)5-9(16)6-11(10)12(13,14)15;1-2-3-5-6-4/h2-3,6-7H,4-5H2,1H3;2-3,6-7H,4-5,17H2,1H3;2-4,6H,5H2,1H3;2-3H2,1H3. The van der Waals surface area contributed by atoms with E-state index in [1.807, 2.05) is 6.92 Å². The van der Waals surface area contributed by atoms with Crippen LogP contribution >= 0.6 is 0 Å². The number of carbonyl (C=O) groups is 1. The number of aromatic nitrogens is 2. The zero-order valence-corrected chi connectivity index (χ0v) is 33.7. The number of benzene rings is 3. The van der Waals surface area contributed by atoms with Crippen LogP contribution in [0, 0.1) is 20.8 Å². The van der Waals surface area contributed by atoms with Gasteiger partial charge in [0, 0.05) is 71.9 Å². The molecule has 0 atom stereocenters. The van der Waals surface area contributed by atoms with Gasteiger partial charge in [-0.2, -0.15) is 39.5 Å². The highest BCUT2D eigenvalue weighted by atomic mass is 19.4. The van der Waals surface area contributed by atoms with Crippen LogP contribution in [0.2, 0.25) is 0 Å². The number of pyridine rings is 2. The van der Waals surface area contributed by atoms with Gasteiger partial charge in [-0.15, -0.1) is 0 Å². The lowest BCUT2D eigenvalue weighted by molar-refractivity contribution is -0.137. The molecule has 0 amide bonds. The third kappa shape index (κ3) is 13.2. The van der Waals surface area contributed by atoms with E-state index in [4.69, 9.17) is 16.8 Å². The fourth-order valence-electron chi connectivity index (χ4n) is 6.22. The Hall–Kier alpha value is -6.56. The molecular weight excluding hydrogens is 837 g/mol. The molecule has 5 aromatic rings. The molecule has 12 nitrogen and oxygen atoms in total. The first-order valence-electron chi connectivity index (χ1n) is 18.5. The Kier molecular flexibility index (Phi) is 17.1. The maximum atomic E-state index is 13.0. The van der Waals surface area contributed by atoms with E-state index in [-0.39, 0.29) is 60.0 Å². The van der Waals surface area contributed by atoms with Crippen molar-refractivity contribution in [2.75, 3.05) is 19.6 Å². The zero-order chi connectivity index (χ0) is 46.6. The number of ketones is 1. The first-order valence-corrected chi connectivity index (χ1v) is 18.5. The second-order valence-corrected chi connectivity index (χ2v) is 13.7. The van der Waals surface area contributed by atoms with E-state index >= 15 is 0 Å². The fraction of sp³-hybridized carbons (Fsp3) is 0.341. The Morgan fingerprint density at radius 2 is 1.10 bits per heavy atom. The summed E-state index contributed by atoms with van der Waals surface area (Å²) in [5.74, 6) is -0.495. The number of alkyl halides is 9. The summed E-state index contributed by atoms with van der Waals surface area (Å²) in [6.07, 6.45) is -11.9. The summed E-state index contributed by atoms with van der Waals surface area (Å²) in [5, 5.41) is 6.55. The van der Waals surface area contributed by atoms with Gasteiger partial charge in [0.2, 0.25) is 0 Å². The monoisotopic (exact) mass is 877 g/mol. The van der Waals surface area contributed by atoms with Crippen molar-refractivity contribution in [1.82, 2.24) is 9.13 Å². The molecule has 2 N–H and O–H groups in total. The number of aryl methyl sites for hydroxylation is 3. The molecule has 0 unspecified atom stereocenters. The lowest BCUT2D eigenvalue weighted by atomic mass is 9.89. The Morgan fingerprint density at radius 1 is 0.645 bits per heavy atom. The zero-order valence-electron chi connectivity index (χ0n) is 33.7. The van der Waals surface area contributed by atoms with Gasteiger partial charge in [0.25, 0.3) is 11.1 Å². The van der Waals surface area contributed by atoms with Crippen LogP contribution in [-0.2, 0) is 36.7 Å². The number of azide groups is 2. The third-order valence-corrected chi connectivity index (χ3v) is 8.90. The summed E-state index contributed by atoms with van der Waals surface area (Å²) < 4.78 is 118. The molecule has 6 rings (SSSR count). The molecule has 2 heterocycles. The molecule has 21 heteroatoms. The lowest BCUT2D eigenvalue weighted by Gasteiger charge is -2.19. The van der Waals surface area contributed by atoms with E-state index in [2.05, 4.69) is 20.1 Å². The summed E-state index contributed by atoms with van der Waals surface area (Å²) >= 11 is 0. The van der Waals surface area contributed by atoms with Crippen molar-refractivity contribution in [3.8, 4) is 0 Å². The van der Waals surface area contributed by atoms with Crippen LogP contribution in [0.3, 0.4) is 0 Å². The van der Waals surface area contributed by atoms with Gasteiger partial charge in [-0.05, 0) is 72.3 Å². The maximum Gasteiger partial charge on any atom is 0.417 e. The lowest BCUT2D eigenvalue weighted by Crippen LogP contribution is -2.26. The molecule has 2 aromatic heterocycles. The average Bonchev–Trinajstić information content (AvgIpc) is 3.18. The number of hydrogen-bond donors (Lipinski definition) is 1. The van der Waals surface area contributed by atoms with Crippen molar-refractivity contribution in [3.63, 3.8) is 0 Å². The molecule has 0 fully saturated rings. The van der Waals surface area contributed by atoms with E-state index < -0.39 is 52.1 Å². The minimum atomic E-state index is -4.60. The summed E-state index contributed by atoms with van der Waals surface area (Å²) in [6, 6.07) is 14.9. The molecule has 3 aromatic carbocycles. The van der Waals surface area contributed by atoms with Gasteiger partial charge in [0.1, 0.15) is 0 Å². The van der Waals surface area contributed by atoms with E-state index in [1.54, 1.807) is 51.1 Å². The van der Waals surface area contributed by atoms with Crippen molar-refractivity contribution in [2.45, 2.75) is 72.2 Å². The molecule has 1 aliphatic rings. The largest absolute Gasteiger partial charge is 0.417 e. The number of nitrogens with two attached hydrogens (primary N) is 1. The first kappa shape index (κ1) is 49.8. The fourth-order valence-corrected chi connectivity index (χ4v) is 6.22. The van der Waals surface area contributed by atoms with Gasteiger partial charge >= 0.3 is 18.5 Å². The van der Waals surface area contributed by atoms with Gasteiger partial charge in [-0.1, -0.05) is 71.6 Å². The van der Waals surface area contributed by atoms with Crippen LogP contribution < -0.4 is 16.9 Å². The predicted octanol–water partition coefficient (Wildman–Crippen LogP) is 10.7. The highest BCUT2D eigenvalue weighted by Crippen LogP contribution is 2.39. The number of rotatable bonds is 7. The van der Waals surface area contributed by atoms with E-state index in [1.165, 1.54) is 33.4 Å². The topological polar surface area (TPSA) is 185 Å². The molecule has 0 radical (unpaired) electrons. The minimum absolute atomic E-state index is 0.00911. The number of halogens is 9. The van der Waals surface area contributed by atoms with Crippen LogP contribution in [0.1, 0.15) is 52.3 Å². The normalized spacial score (nSPS) is 12.3. The smallest absolute Gasteiger partial charge is 0.329 e. The number of nitrogens with zero attached hydrogens (tertiary/aromatic N) is 8. The summed E-state index contributed by atoms with van der Waals surface area (Å²) in [5.41, 5.74) is 20.6. The molecular formula is C41H40F9N9O3. The molecule has 0 saturated heterocycles. The van der Waals surface area contributed by atoms with Crippen LogP contribution in [0.15, 0.2) is 92.6 Å². The van der Waals surface area contributed by atoms with Crippen molar-refractivity contribution < 1.29 is 44.3 Å². The Bertz CT molecular complexity index is 2670. The van der Waals surface area contributed by atoms with Crippen molar-refractivity contribution >= 4 is 33.2 Å². The van der Waals surface area contributed by atoms with Gasteiger partial charge < -0.3 is 14.9 Å². The molecule has 62 heavy (non-hydrogen) atoms. The third-order valence-electron chi connectivity index (χ3n) is 8.90. The van der Waals surface area contributed by atoms with Crippen LogP contribution in [0.5, 0.6) is 0 Å². The quantitative estimate of drug-likeness (QED) is 0.0738. The van der Waals surface area contributed by atoms with Gasteiger partial charge in [-0.3, -0.25) is 14.4 Å². The maximum absolute atomic E-state index is 13.0. The van der Waals surface area contributed by atoms with Crippen LogP contribution in [0.25, 0.3) is 48.3 Å². The Morgan fingerprint density at radius 3 is 1.52 bits per heavy atom. The molecule has 0 saturated carbocycles. The molecule has 1 aliphatic carbocycles. The SMILES string of the molecule is CCCN=[N+]=[N-].Cc1ccc2c(C(F)(F)F)cc(=O)n(CCN)c2c1.Cc1ccc2c(C(F)(F)F)cc(=O)n(CCN=[N+]=[N-])c2c1.Cc1ccc2c(c1)CC(=O)C=C2C(F)(F)F. The van der Waals surface area contributed by atoms with Gasteiger partial charge in [0.05, 0.1) is 27.7 Å². The van der Waals surface area contributed by atoms with Gasteiger partial charge in [0.15, 0.2) is 5.78 Å². The molecule has 0 spiro atoms. The van der Waals surface area contributed by atoms with E-state index in [9.17, 15) is 53.9 Å². The Balaban J connectivity index is 0.000000234. The van der Waals surface area contributed by atoms with Crippen LogP contribution in [0.4, 0.5) is 39.5 Å². The van der Waals surface area contributed by atoms with Gasteiger partial charge in [-0.25, -0.2) is 0 Å². The number of allylic oxidation sites excluding steroid dienone is 2. The van der Waals surface area contributed by atoms with E-state index in [0.717, 1.165) is 23.1 Å². The highest BCUT2D eigenvalue weighted by molar-refractivity contribution is 6.02. The first-order chi connectivity index (χ1) is 29.0. The Labute approximate surface area is 347 Å². The number of fused-ring (bicyclic) bond motifs is 3. The van der Waals surface area contributed by atoms with Crippen molar-refractivity contribution in [1.29, 1.82) is 0 Å². The summed E-state index contributed by atoms with van der Waals surface area (Å²) in [6.45, 7) is 8.26. The molecule has 330 valence electrons. The minimum Gasteiger partial charge on any atom is -0.329 e. The average molecular weight is 878 g/mol. The van der Waals surface area contributed by atoms with Crippen molar-refractivity contribution in [3.05, 3.63) is 153 Å². The van der Waals surface area contributed by atoms with Crippen LogP contribution in [-0.4, -0.2) is 40.7 Å². The van der Waals surface area contributed by atoms with Crippen molar-refractivity contribution in [2.24, 2.45) is 16.0 Å². The molecule has 0 aliphatic heterocycles. The summed E-state index contributed by atoms with van der Waals surface area (Å²) in [4.78, 5) is 40.1. The highest BCUT2D eigenvalue weighted by Gasteiger charge is 2.38. The molecule has 0 bridgehead atoms. The van der Waals surface area contributed by atoms with E-state index in [0.29, 0.717) is 30.3 Å². The summed E-state index contributed by atoms with van der Waals surface area (Å²) in [7, 11) is 0.